The first-order valence-corrected chi connectivity index (χ1v) is 10.7. The van der Waals surface area contributed by atoms with E-state index in [1.54, 1.807) is 6.92 Å². The highest BCUT2D eigenvalue weighted by Gasteiger charge is 2.34. The van der Waals surface area contributed by atoms with E-state index in [9.17, 15) is 13.5 Å². The SMILES string of the molecule is CC(C)=CCCC(C)=CCCC(C)=CC(F)OP(=O)(O)OP(=O)(O)O. The molecule has 0 aromatic rings. The Balaban J connectivity index is 4.41. The molecular weight excluding hydrogens is 373 g/mol. The number of allylic oxidation sites excluding steroid dienone is 5. The van der Waals surface area contributed by atoms with Crippen LogP contribution in [-0.4, -0.2) is 21.0 Å². The van der Waals surface area contributed by atoms with Crippen LogP contribution in [0.25, 0.3) is 0 Å². The van der Waals surface area contributed by atoms with Crippen molar-refractivity contribution in [3.8, 4) is 0 Å². The lowest BCUT2D eigenvalue weighted by molar-refractivity contribution is 0.0706. The quantitative estimate of drug-likeness (QED) is 0.333. The summed E-state index contributed by atoms with van der Waals surface area (Å²) in [6, 6.07) is 0. The van der Waals surface area contributed by atoms with Crippen LogP contribution in [0.15, 0.2) is 34.9 Å². The summed E-state index contributed by atoms with van der Waals surface area (Å²) in [6.45, 7) is 7.71. The third kappa shape index (κ3) is 15.4. The summed E-state index contributed by atoms with van der Waals surface area (Å²) in [5.74, 6) is 0. The second kappa shape index (κ2) is 11.2. The minimum absolute atomic E-state index is 0.513. The van der Waals surface area contributed by atoms with E-state index in [-0.39, 0.29) is 0 Å². The van der Waals surface area contributed by atoms with E-state index in [0.29, 0.717) is 18.4 Å². The molecule has 10 heteroatoms. The average molecular weight is 400 g/mol. The molecule has 2 atom stereocenters. The molecule has 0 aliphatic carbocycles. The number of phosphoric acid groups is 2. The van der Waals surface area contributed by atoms with E-state index in [2.05, 4.69) is 14.9 Å². The van der Waals surface area contributed by atoms with Gasteiger partial charge >= 0.3 is 15.6 Å². The molecule has 25 heavy (non-hydrogen) atoms. The summed E-state index contributed by atoms with van der Waals surface area (Å²) >= 11 is 0. The summed E-state index contributed by atoms with van der Waals surface area (Å²) < 4.78 is 42.8. The van der Waals surface area contributed by atoms with Crippen molar-refractivity contribution in [3.63, 3.8) is 0 Å². The summed E-state index contributed by atoms with van der Waals surface area (Å²) in [6.07, 6.45) is 5.92. The highest BCUT2D eigenvalue weighted by Crippen LogP contribution is 2.58. The standard InChI is InChI=1S/C15H27FO7P2/c1-12(2)7-5-8-13(3)9-6-10-14(4)11-15(16)22-25(20,21)23-24(17,18)19/h7,9,11,15H,5-6,8,10H2,1-4H3,(H,20,21)(H2,17,18,19). The van der Waals surface area contributed by atoms with E-state index < -0.39 is 22.0 Å². The fraction of sp³-hybridized carbons (Fsp3) is 0.600. The Morgan fingerprint density at radius 3 is 2.04 bits per heavy atom. The first kappa shape index (κ1) is 24.4. The lowest BCUT2D eigenvalue weighted by Crippen LogP contribution is -2.03. The van der Waals surface area contributed by atoms with Crippen LogP contribution in [0.2, 0.25) is 0 Å². The lowest BCUT2D eigenvalue weighted by atomic mass is 10.1. The van der Waals surface area contributed by atoms with Gasteiger partial charge in [0.25, 0.3) is 0 Å². The Kier molecular flexibility index (Phi) is 10.9. The van der Waals surface area contributed by atoms with Crippen molar-refractivity contribution in [3.05, 3.63) is 34.9 Å². The first-order chi connectivity index (χ1) is 11.3. The number of rotatable bonds is 11. The van der Waals surface area contributed by atoms with Crippen LogP contribution < -0.4 is 0 Å². The molecule has 7 nitrogen and oxygen atoms in total. The van der Waals surface area contributed by atoms with Crippen LogP contribution in [0.1, 0.15) is 53.4 Å². The molecule has 0 bridgehead atoms. The van der Waals surface area contributed by atoms with Crippen LogP contribution in [0.5, 0.6) is 0 Å². The molecule has 0 saturated carbocycles. The second-order valence-electron chi connectivity index (χ2n) is 5.92. The summed E-state index contributed by atoms with van der Waals surface area (Å²) in [7, 11) is -10.4. The average Bonchev–Trinajstić information content (AvgIpc) is 2.33. The van der Waals surface area contributed by atoms with Crippen LogP contribution in [0.3, 0.4) is 0 Å². The maximum atomic E-state index is 13.6. The molecule has 0 heterocycles. The normalized spacial score (nSPS) is 17.1. The van der Waals surface area contributed by atoms with Gasteiger partial charge in [0, 0.05) is 0 Å². The third-order valence-corrected chi connectivity index (χ3v) is 5.13. The Morgan fingerprint density at radius 2 is 1.52 bits per heavy atom. The summed E-state index contributed by atoms with van der Waals surface area (Å²) in [5.41, 5.74) is 3.05. The first-order valence-electron chi connectivity index (χ1n) is 7.69. The summed E-state index contributed by atoms with van der Waals surface area (Å²) in [5, 5.41) is 0. The molecule has 146 valence electrons. The van der Waals surface area contributed by atoms with Crippen LogP contribution >= 0.6 is 15.6 Å². The minimum atomic E-state index is -5.26. The molecule has 0 aromatic heterocycles. The van der Waals surface area contributed by atoms with Crippen LogP contribution in [0.4, 0.5) is 4.39 Å². The third-order valence-electron chi connectivity index (χ3n) is 2.98. The largest absolute Gasteiger partial charge is 0.483 e. The van der Waals surface area contributed by atoms with Gasteiger partial charge in [0.15, 0.2) is 0 Å². The number of hydrogen-bond donors (Lipinski definition) is 3. The monoisotopic (exact) mass is 400 g/mol. The van der Waals surface area contributed by atoms with Crippen molar-refractivity contribution in [2.45, 2.75) is 59.7 Å². The predicted octanol–water partition coefficient (Wildman–Crippen LogP) is 4.93. The molecule has 0 radical (unpaired) electrons. The van der Waals surface area contributed by atoms with Gasteiger partial charge in [0.05, 0.1) is 0 Å². The number of alkyl halides is 1. The topological polar surface area (TPSA) is 113 Å². The van der Waals surface area contributed by atoms with Crippen molar-refractivity contribution >= 4 is 15.6 Å². The molecule has 0 fully saturated rings. The van der Waals surface area contributed by atoms with Gasteiger partial charge in [0.2, 0.25) is 6.36 Å². The van der Waals surface area contributed by atoms with E-state index in [1.165, 1.54) is 11.1 Å². The zero-order valence-corrected chi connectivity index (χ0v) is 16.7. The zero-order chi connectivity index (χ0) is 19.7. The molecule has 0 aliphatic rings. The molecule has 0 saturated heterocycles. The Morgan fingerprint density at radius 1 is 1.00 bits per heavy atom. The Bertz CT molecular complexity index is 603. The van der Waals surface area contributed by atoms with E-state index in [4.69, 9.17) is 14.7 Å². The van der Waals surface area contributed by atoms with E-state index >= 15 is 0 Å². The highest BCUT2D eigenvalue weighted by molar-refractivity contribution is 7.60. The molecule has 0 aliphatic heterocycles. The van der Waals surface area contributed by atoms with Gasteiger partial charge in [0.1, 0.15) is 0 Å². The van der Waals surface area contributed by atoms with Crippen LogP contribution in [0, 0.1) is 0 Å². The van der Waals surface area contributed by atoms with E-state index in [0.717, 1.165) is 18.9 Å². The molecule has 0 aromatic carbocycles. The minimum Gasteiger partial charge on any atom is -0.302 e. The molecule has 3 N–H and O–H groups in total. The van der Waals surface area contributed by atoms with Crippen molar-refractivity contribution < 1.29 is 37.0 Å². The molecular formula is C15H27FO7P2. The van der Waals surface area contributed by atoms with Gasteiger partial charge in [-0.25, -0.2) is 18.0 Å². The smallest absolute Gasteiger partial charge is 0.302 e. The highest BCUT2D eigenvalue weighted by atomic mass is 31.3. The van der Waals surface area contributed by atoms with Gasteiger partial charge in [-0.15, -0.1) is 0 Å². The van der Waals surface area contributed by atoms with Crippen molar-refractivity contribution in [1.82, 2.24) is 0 Å². The number of phosphoric ester groups is 1. The number of hydrogen-bond acceptors (Lipinski definition) is 4. The maximum Gasteiger partial charge on any atom is 0.483 e. The molecule has 2 unspecified atom stereocenters. The van der Waals surface area contributed by atoms with Crippen molar-refractivity contribution in [1.29, 1.82) is 0 Å². The molecule has 0 spiro atoms. The van der Waals surface area contributed by atoms with Crippen molar-refractivity contribution in [2.75, 3.05) is 0 Å². The predicted molar refractivity (Wildman–Crippen MR) is 94.3 cm³/mol. The Labute approximate surface area is 148 Å². The lowest BCUT2D eigenvalue weighted by Gasteiger charge is -2.13. The fourth-order valence-corrected chi connectivity index (χ4v) is 3.40. The Hall–Kier alpha value is -0.590. The molecule has 0 amide bonds. The number of halogens is 1. The van der Waals surface area contributed by atoms with Gasteiger partial charge in [-0.05, 0) is 59.5 Å². The van der Waals surface area contributed by atoms with Gasteiger partial charge in [-0.2, -0.15) is 4.31 Å². The zero-order valence-electron chi connectivity index (χ0n) is 14.9. The van der Waals surface area contributed by atoms with E-state index in [1.807, 2.05) is 26.8 Å². The van der Waals surface area contributed by atoms with Gasteiger partial charge < -0.3 is 14.7 Å². The molecule has 0 rings (SSSR count). The summed E-state index contributed by atoms with van der Waals surface area (Å²) in [4.78, 5) is 25.9. The second-order valence-corrected chi connectivity index (χ2v) is 8.70. The van der Waals surface area contributed by atoms with Gasteiger partial charge in [-0.1, -0.05) is 28.9 Å². The van der Waals surface area contributed by atoms with Crippen LogP contribution in [-0.2, 0) is 18.0 Å². The fourth-order valence-electron chi connectivity index (χ4n) is 1.86. The maximum absolute atomic E-state index is 13.6. The van der Waals surface area contributed by atoms with Gasteiger partial charge in [-0.3, -0.25) is 0 Å². The van der Waals surface area contributed by atoms with Crippen molar-refractivity contribution in [2.24, 2.45) is 0 Å².